The fourth-order valence-electron chi connectivity index (χ4n) is 6.31. The predicted molar refractivity (Wildman–Crippen MR) is 189 cm³/mol. The summed E-state index contributed by atoms with van der Waals surface area (Å²) in [7, 11) is 0. The molecule has 7 rings (SSSR count). The van der Waals surface area contributed by atoms with Gasteiger partial charge in [0, 0.05) is 22.4 Å². The quantitative estimate of drug-likeness (QED) is 0.124. The third-order valence-corrected chi connectivity index (χ3v) is 9.90. The molecule has 4 atom stereocenters. The summed E-state index contributed by atoms with van der Waals surface area (Å²) in [6.07, 6.45) is -0.308. The first-order chi connectivity index (χ1) is 23.7. The average molecular weight is 659 g/mol. The summed E-state index contributed by atoms with van der Waals surface area (Å²) in [4.78, 5) is 1.13. The largest absolute Gasteiger partial charge is 0.374 e. The van der Waals surface area contributed by atoms with Crippen molar-refractivity contribution in [3.8, 4) is 0 Å². The van der Waals surface area contributed by atoms with Crippen LogP contribution in [0, 0.1) is 5.82 Å². The Balaban J connectivity index is 1.15. The number of hydrogen-bond acceptors (Lipinski definition) is 5. The van der Waals surface area contributed by atoms with Crippen molar-refractivity contribution < 1.29 is 23.3 Å². The average Bonchev–Trinajstić information content (AvgIpc) is 3.55. The Hall–Kier alpha value is -4.17. The van der Waals surface area contributed by atoms with Crippen LogP contribution in [0.4, 0.5) is 4.39 Å². The second-order valence-corrected chi connectivity index (χ2v) is 13.4. The van der Waals surface area contributed by atoms with E-state index in [4.69, 9.17) is 18.9 Å². The highest BCUT2D eigenvalue weighted by Crippen LogP contribution is 2.37. The Morgan fingerprint density at radius 2 is 1.29 bits per heavy atom. The van der Waals surface area contributed by atoms with Gasteiger partial charge in [-0.25, -0.2) is 4.39 Å². The van der Waals surface area contributed by atoms with Gasteiger partial charge in [0.15, 0.2) is 0 Å². The third kappa shape index (κ3) is 8.27. The summed E-state index contributed by atoms with van der Waals surface area (Å²) in [5.74, 6) is -0.212. The van der Waals surface area contributed by atoms with Crippen molar-refractivity contribution in [1.29, 1.82) is 0 Å². The second kappa shape index (κ2) is 15.8. The molecule has 0 spiro atoms. The van der Waals surface area contributed by atoms with E-state index < -0.39 is 6.10 Å². The number of benzene rings is 5. The van der Waals surface area contributed by atoms with E-state index in [1.54, 1.807) is 17.4 Å². The summed E-state index contributed by atoms with van der Waals surface area (Å²) in [6.45, 7) is 1.66. The van der Waals surface area contributed by atoms with E-state index in [-0.39, 0.29) is 24.1 Å². The molecule has 1 aliphatic rings. The van der Waals surface area contributed by atoms with E-state index in [0.29, 0.717) is 44.8 Å². The molecule has 6 aromatic rings. The lowest BCUT2D eigenvalue weighted by Gasteiger charge is -2.42. The zero-order valence-electron chi connectivity index (χ0n) is 26.8. The predicted octanol–water partition coefficient (Wildman–Crippen LogP) is 9.85. The maximum absolute atomic E-state index is 15.3. The van der Waals surface area contributed by atoms with E-state index in [0.717, 1.165) is 27.1 Å². The Bertz CT molecular complexity index is 1850. The molecule has 0 aliphatic carbocycles. The first-order valence-corrected chi connectivity index (χ1v) is 17.3. The van der Waals surface area contributed by atoms with Gasteiger partial charge in [-0.3, -0.25) is 0 Å². The Kier molecular flexibility index (Phi) is 10.7. The molecule has 1 aliphatic heterocycles. The van der Waals surface area contributed by atoms with Crippen molar-refractivity contribution in [2.75, 3.05) is 6.61 Å². The molecule has 244 valence electrons. The van der Waals surface area contributed by atoms with Gasteiger partial charge in [-0.15, -0.1) is 11.3 Å². The van der Waals surface area contributed by atoms with Crippen LogP contribution in [0.25, 0.3) is 10.1 Å². The molecule has 0 amide bonds. The number of halogens is 1. The van der Waals surface area contributed by atoms with E-state index in [9.17, 15) is 0 Å². The molecule has 0 bridgehead atoms. The monoisotopic (exact) mass is 658 g/mol. The molecule has 6 heteroatoms. The Morgan fingerprint density at radius 3 is 1.98 bits per heavy atom. The van der Waals surface area contributed by atoms with Crippen LogP contribution in [0.5, 0.6) is 0 Å². The summed E-state index contributed by atoms with van der Waals surface area (Å²) in [6, 6.07) is 46.3. The number of hydrogen-bond donors (Lipinski definition) is 0. The number of fused-ring (bicyclic) bond motifs is 1. The van der Waals surface area contributed by atoms with Crippen molar-refractivity contribution in [3.63, 3.8) is 0 Å². The molecule has 4 nitrogen and oxygen atoms in total. The first-order valence-electron chi connectivity index (χ1n) is 16.5. The third-order valence-electron chi connectivity index (χ3n) is 8.79. The molecular formula is C42H39FO4S. The molecule has 0 N–H and O–H groups in total. The minimum atomic E-state index is -0.409. The van der Waals surface area contributed by atoms with Gasteiger partial charge < -0.3 is 18.9 Å². The minimum absolute atomic E-state index is 0.212. The minimum Gasteiger partial charge on any atom is -0.374 e. The van der Waals surface area contributed by atoms with Gasteiger partial charge in [0.1, 0.15) is 18.0 Å². The molecule has 0 saturated carbocycles. The zero-order chi connectivity index (χ0) is 32.5. The molecule has 1 fully saturated rings. The Morgan fingerprint density at radius 1 is 0.667 bits per heavy atom. The van der Waals surface area contributed by atoms with Gasteiger partial charge >= 0.3 is 0 Å². The zero-order valence-corrected chi connectivity index (χ0v) is 27.6. The molecular weight excluding hydrogens is 620 g/mol. The highest BCUT2D eigenvalue weighted by Gasteiger charge is 2.41. The Labute approximate surface area is 285 Å². The summed E-state index contributed by atoms with van der Waals surface area (Å²) in [5.41, 5.74) is 4.84. The van der Waals surface area contributed by atoms with E-state index in [1.165, 1.54) is 10.1 Å². The normalized spacial score (nSPS) is 19.4. The van der Waals surface area contributed by atoms with Crippen molar-refractivity contribution in [1.82, 2.24) is 0 Å². The topological polar surface area (TPSA) is 36.9 Å². The molecule has 3 unspecified atom stereocenters. The van der Waals surface area contributed by atoms with Crippen molar-refractivity contribution in [3.05, 3.63) is 178 Å². The van der Waals surface area contributed by atoms with Gasteiger partial charge in [0.2, 0.25) is 0 Å². The van der Waals surface area contributed by atoms with Crippen molar-refractivity contribution in [2.24, 2.45) is 0 Å². The maximum atomic E-state index is 15.3. The van der Waals surface area contributed by atoms with E-state index >= 15 is 4.39 Å². The molecule has 1 aromatic heterocycles. The molecule has 0 radical (unpaired) electrons. The van der Waals surface area contributed by atoms with Crippen LogP contribution < -0.4 is 0 Å². The summed E-state index contributed by atoms with van der Waals surface area (Å²) >= 11 is 1.71. The number of rotatable bonds is 13. The fourth-order valence-corrected chi connectivity index (χ4v) is 7.40. The lowest BCUT2D eigenvalue weighted by molar-refractivity contribution is -0.222. The SMILES string of the molecule is Fc1ccc(C2CC(OCc3ccccc3)[C@H](OCc3ccccc3)C(COCc3ccccc3)O2)cc1Cc1cc2ccccc2s1. The van der Waals surface area contributed by atoms with Crippen molar-refractivity contribution >= 4 is 21.4 Å². The number of thiophene rings is 1. The highest BCUT2D eigenvalue weighted by molar-refractivity contribution is 7.19. The highest BCUT2D eigenvalue weighted by atomic mass is 32.1. The first kappa shape index (κ1) is 32.4. The standard InChI is InChI=1S/C42H39FO4S/c43-37-21-20-33(22-35(37)24-36-23-34-18-10-11-19-41(34)48-36)38-25-39(45-27-31-14-6-2-7-15-31)42(46-28-32-16-8-3-9-17-32)40(47-38)29-44-26-30-12-4-1-5-13-30/h1-23,38-40,42H,24-29H2/t38?,39?,40?,42-/m0/s1. The van der Waals surface area contributed by atoms with Crippen LogP contribution >= 0.6 is 11.3 Å². The van der Waals surface area contributed by atoms with Crippen LogP contribution in [0.2, 0.25) is 0 Å². The lowest BCUT2D eigenvalue weighted by atomic mass is 9.92. The van der Waals surface area contributed by atoms with Crippen LogP contribution in [0.15, 0.2) is 140 Å². The van der Waals surface area contributed by atoms with Crippen LogP contribution in [0.3, 0.4) is 0 Å². The molecule has 1 saturated heterocycles. The van der Waals surface area contributed by atoms with Crippen LogP contribution in [0.1, 0.15) is 45.2 Å². The molecule has 48 heavy (non-hydrogen) atoms. The molecule has 5 aromatic carbocycles. The van der Waals surface area contributed by atoms with E-state index in [1.807, 2.05) is 78.9 Å². The summed E-state index contributed by atoms with van der Waals surface area (Å²) < 4.78 is 42.9. The lowest BCUT2D eigenvalue weighted by Crippen LogP contribution is -2.50. The number of ether oxygens (including phenoxy) is 4. The fraction of sp³-hybridized carbons (Fsp3) is 0.238. The van der Waals surface area contributed by atoms with Crippen LogP contribution in [-0.4, -0.2) is 24.9 Å². The van der Waals surface area contributed by atoms with Gasteiger partial charge in [-0.1, -0.05) is 115 Å². The summed E-state index contributed by atoms with van der Waals surface area (Å²) in [5, 5.41) is 1.18. The molecule has 2 heterocycles. The van der Waals surface area contributed by atoms with Crippen LogP contribution in [-0.2, 0) is 45.2 Å². The maximum Gasteiger partial charge on any atom is 0.126 e. The smallest absolute Gasteiger partial charge is 0.126 e. The second-order valence-electron chi connectivity index (χ2n) is 12.3. The van der Waals surface area contributed by atoms with Gasteiger partial charge in [0.05, 0.1) is 38.6 Å². The van der Waals surface area contributed by atoms with E-state index in [2.05, 4.69) is 54.6 Å². The van der Waals surface area contributed by atoms with Gasteiger partial charge in [-0.2, -0.15) is 0 Å². The van der Waals surface area contributed by atoms with Gasteiger partial charge in [-0.05, 0) is 57.5 Å². The van der Waals surface area contributed by atoms with Crippen molar-refractivity contribution in [2.45, 2.75) is 57.1 Å². The van der Waals surface area contributed by atoms with Gasteiger partial charge in [0.25, 0.3) is 0 Å².